The van der Waals surface area contributed by atoms with Gasteiger partial charge in [0.25, 0.3) is 0 Å². The summed E-state index contributed by atoms with van der Waals surface area (Å²) in [5, 5.41) is 26.4. The quantitative estimate of drug-likeness (QED) is 0.381. The van der Waals surface area contributed by atoms with Gasteiger partial charge in [-0.25, -0.2) is 14.2 Å². The van der Waals surface area contributed by atoms with Crippen LogP contribution in [-0.2, 0) is 0 Å². The van der Waals surface area contributed by atoms with E-state index in [2.05, 4.69) is 16.4 Å². The number of hydrogen-bond acceptors (Lipinski definition) is 5. The van der Waals surface area contributed by atoms with Crippen LogP contribution < -0.4 is 11.0 Å². The number of likely N-dealkylation sites (tertiary alicyclic amines) is 1. The molecule has 2 aliphatic rings. The molecule has 0 spiro atoms. The van der Waals surface area contributed by atoms with E-state index in [-0.39, 0.29) is 23.6 Å². The summed E-state index contributed by atoms with van der Waals surface area (Å²) in [6.07, 6.45) is 2.15. The Bertz CT molecular complexity index is 1860. The van der Waals surface area contributed by atoms with E-state index in [0.717, 1.165) is 10.8 Å². The van der Waals surface area contributed by atoms with E-state index in [9.17, 15) is 20.0 Å². The van der Waals surface area contributed by atoms with Crippen LogP contribution in [0.1, 0.15) is 29.8 Å². The van der Waals surface area contributed by atoms with Gasteiger partial charge in [-0.05, 0) is 42.1 Å². The predicted molar refractivity (Wildman–Crippen MR) is 138 cm³/mol. The van der Waals surface area contributed by atoms with E-state index < -0.39 is 6.04 Å². The Labute approximate surface area is 210 Å². The number of hydrogen-bond donors (Lipinski definition) is 2. The van der Waals surface area contributed by atoms with Gasteiger partial charge in [0.1, 0.15) is 11.8 Å². The molecule has 180 valence electrons. The lowest BCUT2D eigenvalue weighted by Crippen LogP contribution is -2.40. The van der Waals surface area contributed by atoms with Crippen LogP contribution in [0, 0.1) is 11.3 Å². The minimum atomic E-state index is -0.434. The number of rotatable bonds is 2. The first-order valence-corrected chi connectivity index (χ1v) is 12.0. The second-order valence-corrected chi connectivity index (χ2v) is 9.36. The molecule has 2 aliphatic heterocycles. The standard InChI is InChI=1S/C28H20N6O3/c29-14-17-10-11-22(20-8-4-12-30-24(17)20)34-26(35)25-23-13-18(33(25)28(34)37)15-32(23)27(36)31-21-9-3-6-16-5-1-2-7-19(16)21/h1-12,18,23,35H,13,15H2,(H,31,36)/t18-,23?/m1/s1. The molecule has 2 aromatic heterocycles. The molecule has 0 aliphatic carbocycles. The van der Waals surface area contributed by atoms with Gasteiger partial charge in [0.15, 0.2) is 0 Å². The number of carbonyl (C=O) groups excluding carboxylic acids is 1. The molecule has 4 heterocycles. The maximum Gasteiger partial charge on any atom is 0.336 e. The monoisotopic (exact) mass is 488 g/mol. The van der Waals surface area contributed by atoms with Crippen LogP contribution in [0.4, 0.5) is 10.5 Å². The number of fused-ring (bicyclic) bond motifs is 7. The summed E-state index contributed by atoms with van der Waals surface area (Å²) in [4.78, 5) is 32.9. The number of amides is 2. The Morgan fingerprint density at radius 1 is 1.05 bits per heavy atom. The van der Waals surface area contributed by atoms with Crippen LogP contribution in [0.5, 0.6) is 5.88 Å². The van der Waals surface area contributed by atoms with Gasteiger partial charge in [-0.3, -0.25) is 9.55 Å². The first-order chi connectivity index (χ1) is 18.1. The van der Waals surface area contributed by atoms with Crippen molar-refractivity contribution in [3.8, 4) is 17.6 Å². The highest BCUT2D eigenvalue weighted by Crippen LogP contribution is 2.49. The fourth-order valence-corrected chi connectivity index (χ4v) is 5.85. The van der Waals surface area contributed by atoms with Crippen molar-refractivity contribution in [1.82, 2.24) is 19.0 Å². The largest absolute Gasteiger partial charge is 0.493 e. The zero-order valence-corrected chi connectivity index (χ0v) is 19.5. The van der Waals surface area contributed by atoms with Gasteiger partial charge >= 0.3 is 11.7 Å². The first kappa shape index (κ1) is 21.2. The molecule has 1 saturated heterocycles. The minimum absolute atomic E-state index is 0.199. The maximum atomic E-state index is 13.5. The fraction of sp³-hybridized carbons (Fsp3) is 0.143. The second kappa shape index (κ2) is 7.70. The van der Waals surface area contributed by atoms with Crippen molar-refractivity contribution in [3.05, 3.63) is 94.7 Å². The zero-order chi connectivity index (χ0) is 25.3. The van der Waals surface area contributed by atoms with Crippen molar-refractivity contribution in [2.24, 2.45) is 0 Å². The summed E-state index contributed by atoms with van der Waals surface area (Å²) in [6.45, 7) is 0.368. The molecular formula is C28H20N6O3. The molecule has 1 unspecified atom stereocenters. The summed E-state index contributed by atoms with van der Waals surface area (Å²) in [5.74, 6) is -0.199. The summed E-state index contributed by atoms with van der Waals surface area (Å²) >= 11 is 0. The number of anilines is 1. The molecule has 7 rings (SSSR count). The molecule has 2 N–H and O–H groups in total. The number of aromatic hydroxyl groups is 1. The normalized spacial score (nSPS) is 17.8. The highest BCUT2D eigenvalue weighted by Gasteiger charge is 2.49. The van der Waals surface area contributed by atoms with Gasteiger partial charge in [-0.15, -0.1) is 0 Å². The Hall–Kier alpha value is -5.10. The Morgan fingerprint density at radius 2 is 1.86 bits per heavy atom. The van der Waals surface area contributed by atoms with Crippen molar-refractivity contribution < 1.29 is 9.90 Å². The van der Waals surface area contributed by atoms with Crippen molar-refractivity contribution in [3.63, 3.8) is 0 Å². The number of nitriles is 1. The third-order valence-corrected chi connectivity index (χ3v) is 7.46. The number of nitrogens with zero attached hydrogens (tertiary/aromatic N) is 5. The Balaban J connectivity index is 1.28. The smallest absolute Gasteiger partial charge is 0.336 e. The molecule has 5 aromatic rings. The SMILES string of the molecule is N#Cc1ccc(-n2c(O)c3n(c2=O)[C@@H]2CC3N(C(=O)Nc3cccc4ccccc34)C2)c2cccnc12. The molecule has 2 bridgehead atoms. The van der Waals surface area contributed by atoms with Crippen molar-refractivity contribution in [1.29, 1.82) is 5.26 Å². The van der Waals surface area contributed by atoms with Crippen LogP contribution in [0.15, 0.2) is 77.7 Å². The van der Waals surface area contributed by atoms with Crippen LogP contribution in [0.3, 0.4) is 0 Å². The first-order valence-electron chi connectivity index (χ1n) is 12.0. The number of benzene rings is 3. The number of imidazole rings is 1. The average molecular weight is 489 g/mol. The Kier molecular flexibility index (Phi) is 4.41. The van der Waals surface area contributed by atoms with Gasteiger partial charge in [-0.2, -0.15) is 5.26 Å². The number of aromatic nitrogens is 3. The topological polar surface area (TPSA) is 116 Å². The molecule has 0 radical (unpaired) electrons. The van der Waals surface area contributed by atoms with Crippen LogP contribution in [0.25, 0.3) is 27.4 Å². The summed E-state index contributed by atoms with van der Waals surface area (Å²) < 4.78 is 2.86. The third kappa shape index (κ3) is 2.93. The fourth-order valence-electron chi connectivity index (χ4n) is 5.85. The molecule has 3 aromatic carbocycles. The van der Waals surface area contributed by atoms with Gasteiger partial charge in [0.2, 0.25) is 5.88 Å². The molecule has 9 nitrogen and oxygen atoms in total. The lowest BCUT2D eigenvalue weighted by Gasteiger charge is -2.28. The molecule has 9 heteroatoms. The third-order valence-electron chi connectivity index (χ3n) is 7.46. The van der Waals surface area contributed by atoms with E-state index in [1.165, 1.54) is 4.57 Å². The number of nitrogens with one attached hydrogen (secondary N) is 1. The van der Waals surface area contributed by atoms with Crippen molar-refractivity contribution in [2.45, 2.75) is 18.5 Å². The van der Waals surface area contributed by atoms with Crippen molar-refractivity contribution >= 4 is 33.4 Å². The number of carbonyl (C=O) groups is 1. The molecular weight excluding hydrogens is 468 g/mol. The molecule has 2 atom stereocenters. The lowest BCUT2D eigenvalue weighted by molar-refractivity contribution is 0.198. The van der Waals surface area contributed by atoms with Gasteiger partial charge < -0.3 is 15.3 Å². The van der Waals surface area contributed by atoms with E-state index in [0.29, 0.717) is 46.5 Å². The van der Waals surface area contributed by atoms with E-state index >= 15 is 0 Å². The summed E-state index contributed by atoms with van der Waals surface area (Å²) in [6, 6.07) is 21.5. The van der Waals surface area contributed by atoms with Gasteiger partial charge in [-0.1, -0.05) is 36.4 Å². The molecule has 37 heavy (non-hydrogen) atoms. The van der Waals surface area contributed by atoms with Crippen LogP contribution in [0.2, 0.25) is 0 Å². The van der Waals surface area contributed by atoms with Crippen LogP contribution >= 0.6 is 0 Å². The van der Waals surface area contributed by atoms with E-state index in [1.54, 1.807) is 39.9 Å². The Morgan fingerprint density at radius 3 is 2.73 bits per heavy atom. The number of pyridine rings is 1. The lowest BCUT2D eigenvalue weighted by atomic mass is 10.1. The highest BCUT2D eigenvalue weighted by atomic mass is 16.3. The van der Waals surface area contributed by atoms with Gasteiger partial charge in [0.05, 0.1) is 34.5 Å². The predicted octanol–water partition coefficient (Wildman–Crippen LogP) is 4.45. The maximum absolute atomic E-state index is 13.5. The average Bonchev–Trinajstić information content (AvgIpc) is 3.60. The molecule has 2 amide bonds. The summed E-state index contributed by atoms with van der Waals surface area (Å²) in [5.41, 5.74) is 2.05. The molecule has 1 fully saturated rings. The number of urea groups is 1. The van der Waals surface area contributed by atoms with E-state index in [1.807, 2.05) is 42.5 Å². The highest BCUT2D eigenvalue weighted by molar-refractivity contribution is 6.01. The zero-order valence-electron chi connectivity index (χ0n) is 19.5. The van der Waals surface area contributed by atoms with Crippen molar-refractivity contribution in [2.75, 3.05) is 11.9 Å². The minimum Gasteiger partial charge on any atom is -0.493 e. The van der Waals surface area contributed by atoms with Crippen LogP contribution in [-0.4, -0.2) is 36.7 Å². The second-order valence-electron chi connectivity index (χ2n) is 9.36. The summed E-state index contributed by atoms with van der Waals surface area (Å²) in [7, 11) is 0. The molecule has 0 saturated carbocycles. The van der Waals surface area contributed by atoms with E-state index in [4.69, 9.17) is 0 Å². The van der Waals surface area contributed by atoms with Gasteiger partial charge in [0, 0.05) is 23.5 Å².